The molecular formula is C14H38IN2O3PS3. The second-order valence-electron chi connectivity index (χ2n) is 6.76. The van der Waals surface area contributed by atoms with Gasteiger partial charge in [-0.25, -0.2) is 0 Å². The largest absolute Gasteiger partial charge is 1.00 e. The first kappa shape index (κ1) is 33.5. The molecule has 0 aromatic heterocycles. The van der Waals surface area contributed by atoms with Crippen molar-refractivity contribution < 1.29 is 46.9 Å². The average Bonchev–Trinajstić information content (AvgIpc) is 2.26. The Balaban J connectivity index is -0.000000124. The molecule has 152 valence electrons. The molecule has 0 aromatic rings. The standard InChI is InChI=1S/2C5H13NS.C4H11O3PS.HI/c2*1-6(2,3)4-5-7;1-3-6-8(5,9)7-4-2;/h2*4-5H2,1-3H3;3-4H2,1-2H3,(H,5,9);1H. The fourth-order valence-electron chi connectivity index (χ4n) is 0.953. The third-order valence-corrected chi connectivity index (χ3v) is 4.30. The number of hydrogen-bond acceptors (Lipinski definition) is 6. The van der Waals surface area contributed by atoms with Crippen LogP contribution in [0.3, 0.4) is 0 Å². The van der Waals surface area contributed by atoms with E-state index < -0.39 is 6.72 Å². The Morgan fingerprint density at radius 2 is 1.08 bits per heavy atom. The summed E-state index contributed by atoms with van der Waals surface area (Å²) in [5.74, 6) is 1.95. The predicted octanol–water partition coefficient (Wildman–Crippen LogP) is -1.11. The average molecular weight is 537 g/mol. The Bertz CT molecular complexity index is 289. The maximum Gasteiger partial charge on any atom is 0.115 e. The van der Waals surface area contributed by atoms with Crippen molar-refractivity contribution in [2.24, 2.45) is 0 Å². The van der Waals surface area contributed by atoms with Crippen LogP contribution in [0.15, 0.2) is 0 Å². The molecule has 0 unspecified atom stereocenters. The van der Waals surface area contributed by atoms with Crippen molar-refractivity contribution in [2.45, 2.75) is 13.8 Å². The minimum absolute atomic E-state index is 0. The van der Waals surface area contributed by atoms with Crippen molar-refractivity contribution in [1.82, 2.24) is 0 Å². The van der Waals surface area contributed by atoms with Gasteiger partial charge in [0, 0.05) is 11.5 Å². The fourth-order valence-corrected chi connectivity index (χ4v) is 3.49. The molecule has 0 amide bonds. The van der Waals surface area contributed by atoms with Gasteiger partial charge < -0.3 is 46.9 Å². The quantitative estimate of drug-likeness (QED) is 0.179. The number of hydrogen-bond donors (Lipinski definition) is 2. The lowest BCUT2D eigenvalue weighted by Crippen LogP contribution is -3.00. The van der Waals surface area contributed by atoms with Gasteiger partial charge in [-0.3, -0.25) is 0 Å². The molecule has 0 spiro atoms. The molecular weight excluding hydrogens is 498 g/mol. The highest BCUT2D eigenvalue weighted by Gasteiger charge is 2.02. The van der Waals surface area contributed by atoms with E-state index in [1.807, 2.05) is 0 Å². The molecule has 10 heteroatoms. The summed E-state index contributed by atoms with van der Waals surface area (Å²) in [5, 5.41) is 0. The first-order chi connectivity index (χ1) is 10.2. The van der Waals surface area contributed by atoms with Crippen molar-refractivity contribution in [2.75, 3.05) is 80.1 Å². The number of rotatable bonds is 8. The minimum Gasteiger partial charge on any atom is -1.00 e. The van der Waals surface area contributed by atoms with Gasteiger partial charge in [-0.2, -0.15) is 25.3 Å². The molecule has 0 rings (SSSR count). The molecule has 0 aromatic carbocycles. The number of halogens is 1. The molecule has 5 nitrogen and oxygen atoms in total. The Labute approximate surface area is 183 Å². The first-order valence-corrected chi connectivity index (χ1v) is 11.5. The van der Waals surface area contributed by atoms with Crippen molar-refractivity contribution in [3.8, 4) is 0 Å². The van der Waals surface area contributed by atoms with E-state index >= 15 is 0 Å². The molecule has 0 aliphatic carbocycles. The van der Waals surface area contributed by atoms with Crippen LogP contribution in [0.4, 0.5) is 0 Å². The van der Waals surface area contributed by atoms with Crippen LogP contribution in [-0.4, -0.2) is 89.1 Å². The molecule has 0 saturated heterocycles. The zero-order valence-electron chi connectivity index (χ0n) is 16.5. The van der Waals surface area contributed by atoms with Crippen molar-refractivity contribution >= 4 is 43.8 Å². The van der Waals surface area contributed by atoms with E-state index in [0.29, 0.717) is 13.2 Å². The molecule has 24 heavy (non-hydrogen) atoms. The zero-order chi connectivity index (χ0) is 19.2. The van der Waals surface area contributed by atoms with Crippen molar-refractivity contribution in [3.63, 3.8) is 0 Å². The Morgan fingerprint density at radius 3 is 1.17 bits per heavy atom. The van der Waals surface area contributed by atoms with E-state index in [4.69, 9.17) is 0 Å². The normalized spacial score (nSPS) is 11.5. The highest BCUT2D eigenvalue weighted by Crippen LogP contribution is 2.37. The summed E-state index contributed by atoms with van der Waals surface area (Å²) in [4.78, 5) is 10.8. The van der Waals surface area contributed by atoms with Gasteiger partial charge in [0.05, 0.1) is 68.6 Å². The van der Waals surface area contributed by atoms with E-state index in [2.05, 4.69) is 88.4 Å². The Kier molecular flexibility index (Phi) is 25.5. The summed E-state index contributed by atoms with van der Waals surface area (Å²) in [6.45, 7) is 3.28. The SMILES string of the molecule is CCOP([O-])(=S)OCC.C[N+](C)(C)CCS.C[N+](C)(C)CCS.[I-]. The molecule has 0 N–H and O–H groups in total. The van der Waals surface area contributed by atoms with Gasteiger partial charge in [0.1, 0.15) is 6.72 Å². The van der Waals surface area contributed by atoms with Gasteiger partial charge in [-0.15, -0.1) is 0 Å². The van der Waals surface area contributed by atoms with E-state index in [1.54, 1.807) is 13.8 Å². The minimum atomic E-state index is -3.11. The Hall–Kier alpha value is 1.88. The topological polar surface area (TPSA) is 41.5 Å². The third kappa shape index (κ3) is 39.1. The predicted molar refractivity (Wildman–Crippen MR) is 111 cm³/mol. The summed E-state index contributed by atoms with van der Waals surface area (Å²) in [6, 6.07) is 0. The van der Waals surface area contributed by atoms with Gasteiger partial charge in [0.15, 0.2) is 0 Å². The van der Waals surface area contributed by atoms with Crippen molar-refractivity contribution in [3.05, 3.63) is 0 Å². The van der Waals surface area contributed by atoms with Crippen LogP contribution >= 0.6 is 32.0 Å². The maximum absolute atomic E-state index is 10.8. The first-order valence-electron chi connectivity index (χ1n) is 7.67. The summed E-state index contributed by atoms with van der Waals surface area (Å²) < 4.78 is 11.3. The summed E-state index contributed by atoms with van der Waals surface area (Å²) in [7, 11) is 13.0. The van der Waals surface area contributed by atoms with Gasteiger partial charge in [-0.1, -0.05) is 11.8 Å². The third-order valence-electron chi connectivity index (χ3n) is 2.12. The van der Waals surface area contributed by atoms with E-state index in [9.17, 15) is 4.89 Å². The molecule has 0 bridgehead atoms. The summed E-state index contributed by atoms with van der Waals surface area (Å²) in [5.41, 5.74) is 0. The van der Waals surface area contributed by atoms with Crippen molar-refractivity contribution in [1.29, 1.82) is 0 Å². The van der Waals surface area contributed by atoms with Gasteiger partial charge in [0.25, 0.3) is 0 Å². The van der Waals surface area contributed by atoms with Crippen LogP contribution in [0, 0.1) is 0 Å². The molecule has 0 aliphatic heterocycles. The molecule has 0 atom stereocenters. The maximum atomic E-state index is 10.8. The summed E-state index contributed by atoms with van der Waals surface area (Å²) in [6.07, 6.45) is 0. The Morgan fingerprint density at radius 1 is 0.833 bits per heavy atom. The highest BCUT2D eigenvalue weighted by molar-refractivity contribution is 8.06. The lowest BCUT2D eigenvalue weighted by atomic mass is 10.6. The molecule has 0 heterocycles. The van der Waals surface area contributed by atoms with Crippen LogP contribution in [-0.2, 0) is 20.9 Å². The monoisotopic (exact) mass is 536 g/mol. The van der Waals surface area contributed by atoms with E-state index in [0.717, 1.165) is 33.6 Å². The fraction of sp³-hybridized carbons (Fsp3) is 1.00. The van der Waals surface area contributed by atoms with E-state index in [-0.39, 0.29) is 24.0 Å². The van der Waals surface area contributed by atoms with Crippen LogP contribution in [0.2, 0.25) is 0 Å². The number of quaternary nitrogens is 2. The second kappa shape index (κ2) is 18.3. The number of thiol groups is 2. The molecule has 0 saturated carbocycles. The lowest BCUT2D eigenvalue weighted by Gasteiger charge is -2.25. The van der Waals surface area contributed by atoms with E-state index in [1.165, 1.54) is 0 Å². The van der Waals surface area contributed by atoms with Crippen LogP contribution < -0.4 is 28.9 Å². The van der Waals surface area contributed by atoms with Gasteiger partial charge >= 0.3 is 0 Å². The molecule has 0 radical (unpaired) electrons. The van der Waals surface area contributed by atoms with Gasteiger partial charge in [0.2, 0.25) is 0 Å². The van der Waals surface area contributed by atoms with Crippen LogP contribution in [0.5, 0.6) is 0 Å². The van der Waals surface area contributed by atoms with Crippen LogP contribution in [0.25, 0.3) is 0 Å². The smallest absolute Gasteiger partial charge is 0.115 e. The van der Waals surface area contributed by atoms with Crippen LogP contribution in [0.1, 0.15) is 13.8 Å². The second-order valence-corrected chi connectivity index (χ2v) is 10.4. The number of nitrogens with zero attached hydrogens (tertiary/aromatic N) is 2. The summed E-state index contributed by atoms with van der Waals surface area (Å²) >= 11 is 12.6. The highest BCUT2D eigenvalue weighted by atomic mass is 127. The lowest BCUT2D eigenvalue weighted by molar-refractivity contribution is -0.867. The zero-order valence-corrected chi connectivity index (χ0v) is 22.1. The molecule has 0 aliphatic rings. The van der Waals surface area contributed by atoms with Gasteiger partial charge in [-0.05, 0) is 13.8 Å². The molecule has 0 fully saturated rings.